The molecule has 0 aliphatic rings. The van der Waals surface area contributed by atoms with Gasteiger partial charge in [-0.2, -0.15) is 0 Å². The highest BCUT2D eigenvalue weighted by atomic mass is 28.2. The zero-order chi connectivity index (χ0) is 14.7. The highest BCUT2D eigenvalue weighted by Gasteiger charge is 2.21. The van der Waals surface area contributed by atoms with E-state index >= 15 is 0 Å². The lowest BCUT2D eigenvalue weighted by Gasteiger charge is -2.19. The fraction of sp³-hybridized carbons (Fsp3) is 0.929. The summed E-state index contributed by atoms with van der Waals surface area (Å²) in [4.78, 5) is 11.9. The number of carbonyl (C=O) groups is 1. The summed E-state index contributed by atoms with van der Waals surface area (Å²) in [5.74, 6) is 0.198. The number of ether oxygens (including phenoxy) is 3. The maximum atomic E-state index is 11.9. The SMILES string of the molecule is CCCCC(CC)COC(=O)C(C)[SiH2]C(OC)OC. The quantitative estimate of drug-likeness (QED) is 0.333. The van der Waals surface area contributed by atoms with E-state index in [4.69, 9.17) is 14.2 Å². The van der Waals surface area contributed by atoms with Gasteiger partial charge in [-0.25, -0.2) is 0 Å². The van der Waals surface area contributed by atoms with Gasteiger partial charge in [-0.15, -0.1) is 0 Å². The molecule has 0 saturated heterocycles. The first-order valence-electron chi connectivity index (χ1n) is 7.31. The van der Waals surface area contributed by atoms with Crippen molar-refractivity contribution >= 4 is 15.5 Å². The first-order chi connectivity index (χ1) is 9.08. The van der Waals surface area contributed by atoms with Gasteiger partial charge < -0.3 is 14.2 Å². The van der Waals surface area contributed by atoms with Gasteiger partial charge in [0.1, 0.15) is 15.4 Å². The lowest BCUT2D eigenvalue weighted by molar-refractivity contribution is -0.145. The number of rotatable bonds is 11. The number of hydrogen-bond donors (Lipinski definition) is 0. The fourth-order valence-corrected chi connectivity index (χ4v) is 3.19. The molecule has 0 fully saturated rings. The minimum Gasteiger partial charge on any atom is -0.465 e. The molecule has 2 unspecified atom stereocenters. The Morgan fingerprint density at radius 3 is 2.32 bits per heavy atom. The minimum atomic E-state index is -0.784. The zero-order valence-electron chi connectivity index (χ0n) is 13.1. The van der Waals surface area contributed by atoms with Gasteiger partial charge in [-0.3, -0.25) is 4.79 Å². The van der Waals surface area contributed by atoms with Crippen molar-refractivity contribution in [3.05, 3.63) is 0 Å². The molecule has 0 heterocycles. The van der Waals surface area contributed by atoms with Crippen LogP contribution in [0.4, 0.5) is 0 Å². The Morgan fingerprint density at radius 2 is 1.84 bits per heavy atom. The van der Waals surface area contributed by atoms with Crippen LogP contribution in [-0.4, -0.2) is 42.2 Å². The maximum Gasteiger partial charge on any atom is 0.305 e. The molecule has 0 aliphatic heterocycles. The van der Waals surface area contributed by atoms with E-state index in [9.17, 15) is 4.79 Å². The van der Waals surface area contributed by atoms with Crippen LogP contribution in [0.15, 0.2) is 0 Å². The molecule has 0 aromatic rings. The van der Waals surface area contributed by atoms with Crippen molar-refractivity contribution in [1.82, 2.24) is 0 Å². The molecule has 0 rings (SSSR count). The van der Waals surface area contributed by atoms with Gasteiger partial charge >= 0.3 is 5.97 Å². The summed E-state index contributed by atoms with van der Waals surface area (Å²) < 4.78 is 15.7. The van der Waals surface area contributed by atoms with Crippen molar-refractivity contribution in [2.75, 3.05) is 20.8 Å². The Morgan fingerprint density at radius 1 is 1.21 bits per heavy atom. The average Bonchev–Trinajstić information content (AvgIpc) is 2.44. The average molecular weight is 290 g/mol. The standard InChI is InChI=1S/C14H30O4Si/c1-6-8-9-12(7-2)10-18-13(15)11(3)19-14(16-4)17-5/h11-12,14H,6-10,19H2,1-5H3. The molecular formula is C14H30O4Si. The smallest absolute Gasteiger partial charge is 0.305 e. The summed E-state index contributed by atoms with van der Waals surface area (Å²) in [6.45, 7) is 6.80. The van der Waals surface area contributed by atoms with Gasteiger partial charge in [0.2, 0.25) is 0 Å². The number of esters is 1. The van der Waals surface area contributed by atoms with E-state index in [1.807, 2.05) is 6.92 Å². The van der Waals surface area contributed by atoms with E-state index in [1.54, 1.807) is 14.2 Å². The van der Waals surface area contributed by atoms with Crippen molar-refractivity contribution in [3.8, 4) is 0 Å². The number of unbranched alkanes of at least 4 members (excludes halogenated alkanes) is 1. The molecular weight excluding hydrogens is 260 g/mol. The third-order valence-electron chi connectivity index (χ3n) is 3.48. The summed E-state index contributed by atoms with van der Waals surface area (Å²) in [6.07, 6.45) is 4.61. The highest BCUT2D eigenvalue weighted by molar-refractivity contribution is 6.44. The van der Waals surface area contributed by atoms with Gasteiger partial charge in [0.15, 0.2) is 0 Å². The summed E-state index contributed by atoms with van der Waals surface area (Å²) >= 11 is 0. The van der Waals surface area contributed by atoms with Crippen LogP contribution in [0.1, 0.15) is 46.5 Å². The molecule has 2 atom stereocenters. The first-order valence-corrected chi connectivity index (χ1v) is 8.94. The molecule has 0 radical (unpaired) electrons. The van der Waals surface area contributed by atoms with Crippen molar-refractivity contribution in [3.63, 3.8) is 0 Å². The lowest BCUT2D eigenvalue weighted by Crippen LogP contribution is -2.29. The molecule has 0 saturated carbocycles. The van der Waals surface area contributed by atoms with Crippen molar-refractivity contribution < 1.29 is 19.0 Å². The monoisotopic (exact) mass is 290 g/mol. The van der Waals surface area contributed by atoms with Crippen molar-refractivity contribution in [2.45, 2.75) is 57.9 Å². The summed E-state index contributed by atoms with van der Waals surface area (Å²) in [5, 5.41) is 0. The predicted octanol–water partition coefficient (Wildman–Crippen LogP) is 2.30. The van der Waals surface area contributed by atoms with Crippen LogP contribution in [0.3, 0.4) is 0 Å². The van der Waals surface area contributed by atoms with Crippen molar-refractivity contribution in [2.24, 2.45) is 5.92 Å². The second-order valence-corrected chi connectivity index (χ2v) is 7.45. The van der Waals surface area contributed by atoms with Crippen LogP contribution < -0.4 is 0 Å². The summed E-state index contributed by atoms with van der Waals surface area (Å²) in [7, 11) is 2.43. The second-order valence-electron chi connectivity index (χ2n) is 5.08. The van der Waals surface area contributed by atoms with Gasteiger partial charge in [-0.1, -0.05) is 40.0 Å². The Labute approximate surface area is 120 Å². The Balaban J connectivity index is 4.00. The second kappa shape index (κ2) is 11.4. The van der Waals surface area contributed by atoms with Gasteiger partial charge in [-0.05, 0) is 12.3 Å². The molecule has 114 valence electrons. The molecule has 5 heteroatoms. The lowest BCUT2D eigenvalue weighted by atomic mass is 10.0. The Kier molecular flexibility index (Phi) is 11.2. The van der Waals surface area contributed by atoms with Crippen molar-refractivity contribution in [1.29, 1.82) is 0 Å². The third kappa shape index (κ3) is 8.39. The molecule has 0 N–H and O–H groups in total. The Hall–Kier alpha value is -0.393. The topological polar surface area (TPSA) is 44.8 Å². The predicted molar refractivity (Wildman–Crippen MR) is 80.0 cm³/mol. The van der Waals surface area contributed by atoms with Crippen LogP contribution in [0.5, 0.6) is 0 Å². The molecule has 4 nitrogen and oxygen atoms in total. The van der Waals surface area contributed by atoms with E-state index < -0.39 is 9.52 Å². The molecule has 0 bridgehead atoms. The van der Waals surface area contributed by atoms with Gasteiger partial charge in [0, 0.05) is 19.8 Å². The van der Waals surface area contributed by atoms with Crippen LogP contribution in [0.25, 0.3) is 0 Å². The highest BCUT2D eigenvalue weighted by Crippen LogP contribution is 2.15. The fourth-order valence-electron chi connectivity index (χ4n) is 1.91. The Bertz CT molecular complexity index is 231. The third-order valence-corrected chi connectivity index (χ3v) is 5.57. The van der Waals surface area contributed by atoms with E-state index in [2.05, 4.69) is 13.8 Å². The molecule has 0 amide bonds. The van der Waals surface area contributed by atoms with E-state index in [0.29, 0.717) is 12.5 Å². The normalized spacial score (nSPS) is 15.1. The van der Waals surface area contributed by atoms with E-state index in [0.717, 1.165) is 12.8 Å². The summed E-state index contributed by atoms with van der Waals surface area (Å²) in [5.41, 5.74) is -0.0615. The van der Waals surface area contributed by atoms with E-state index in [1.165, 1.54) is 12.8 Å². The van der Waals surface area contributed by atoms with Crippen LogP contribution >= 0.6 is 0 Å². The van der Waals surface area contributed by atoms with Gasteiger partial charge in [0.25, 0.3) is 0 Å². The minimum absolute atomic E-state index is 0.0615. The maximum absolute atomic E-state index is 11.9. The van der Waals surface area contributed by atoms with Gasteiger partial charge in [0.05, 0.1) is 6.61 Å². The number of methoxy groups -OCH3 is 2. The largest absolute Gasteiger partial charge is 0.465 e. The van der Waals surface area contributed by atoms with Crippen LogP contribution in [0.2, 0.25) is 5.54 Å². The van der Waals surface area contributed by atoms with E-state index in [-0.39, 0.29) is 17.4 Å². The van der Waals surface area contributed by atoms with Crippen LogP contribution in [0, 0.1) is 5.92 Å². The van der Waals surface area contributed by atoms with Crippen LogP contribution in [-0.2, 0) is 19.0 Å². The zero-order valence-corrected chi connectivity index (χ0v) is 14.5. The molecule has 0 spiro atoms. The molecule has 0 aromatic carbocycles. The molecule has 0 aromatic heterocycles. The first kappa shape index (κ1) is 18.6. The summed E-state index contributed by atoms with van der Waals surface area (Å²) in [6, 6.07) is 0. The molecule has 0 aliphatic carbocycles. The number of carbonyl (C=O) groups excluding carboxylic acids is 1. The molecule has 19 heavy (non-hydrogen) atoms. The number of hydrogen-bond acceptors (Lipinski definition) is 4.